The molecule has 1 atom stereocenters. The summed E-state index contributed by atoms with van der Waals surface area (Å²) < 4.78 is 5.18. The Hall–Kier alpha value is -0.790. The number of Topliss-reactive ketones (excluding diaryl/α,β-unsaturated/α-hetero) is 1. The number of carbonyl (C=O) groups excluding carboxylic acids is 1. The third-order valence-corrected chi connectivity index (χ3v) is 2.94. The first-order valence-corrected chi connectivity index (χ1v) is 5.28. The highest BCUT2D eigenvalue weighted by Gasteiger charge is 2.29. The normalized spacial score (nSPS) is 19.6. The van der Waals surface area contributed by atoms with Crippen molar-refractivity contribution in [3.8, 4) is 0 Å². The molecule has 0 saturated carbocycles. The van der Waals surface area contributed by atoms with E-state index in [1.54, 1.807) is 6.26 Å². The molecule has 0 bridgehead atoms. The van der Waals surface area contributed by atoms with Gasteiger partial charge < -0.3 is 4.74 Å². The van der Waals surface area contributed by atoms with E-state index >= 15 is 0 Å². The van der Waals surface area contributed by atoms with Gasteiger partial charge in [-0.3, -0.25) is 4.79 Å². The zero-order chi connectivity index (χ0) is 10.8. The Morgan fingerprint density at radius 2 is 2.14 bits per heavy atom. The standard InChI is InChI=1S/C12H20O2/c1-9(12(2,3)4)11(13)10-6-5-7-14-8-10/h8-9H,5-7H2,1-4H3. The van der Waals surface area contributed by atoms with Gasteiger partial charge in [0.25, 0.3) is 0 Å². The first-order valence-electron chi connectivity index (χ1n) is 5.28. The molecule has 14 heavy (non-hydrogen) atoms. The molecule has 0 saturated heterocycles. The molecule has 0 spiro atoms. The zero-order valence-corrected chi connectivity index (χ0v) is 9.59. The third kappa shape index (κ3) is 2.60. The van der Waals surface area contributed by atoms with E-state index in [1.165, 1.54) is 0 Å². The maximum Gasteiger partial charge on any atom is 0.165 e. The lowest BCUT2D eigenvalue weighted by Gasteiger charge is -2.27. The lowest BCUT2D eigenvalue weighted by atomic mass is 9.77. The van der Waals surface area contributed by atoms with Crippen LogP contribution in [0.25, 0.3) is 0 Å². The van der Waals surface area contributed by atoms with Crippen LogP contribution in [0.1, 0.15) is 40.5 Å². The van der Waals surface area contributed by atoms with Gasteiger partial charge in [0.05, 0.1) is 12.9 Å². The van der Waals surface area contributed by atoms with Crippen LogP contribution < -0.4 is 0 Å². The number of ether oxygens (including phenoxy) is 1. The van der Waals surface area contributed by atoms with Gasteiger partial charge >= 0.3 is 0 Å². The SMILES string of the molecule is CC(C(=O)C1=COCCC1)C(C)(C)C. The number of rotatable bonds is 2. The molecule has 0 aromatic heterocycles. The van der Waals surface area contributed by atoms with Crippen LogP contribution in [0.4, 0.5) is 0 Å². The van der Waals surface area contributed by atoms with Gasteiger partial charge in [0.1, 0.15) is 0 Å². The second-order valence-electron chi connectivity index (χ2n) is 5.07. The number of carbonyl (C=O) groups is 1. The molecule has 0 aliphatic carbocycles. The predicted octanol–water partition coefficient (Wildman–Crippen LogP) is 2.93. The van der Waals surface area contributed by atoms with Gasteiger partial charge in [-0.05, 0) is 18.3 Å². The molecule has 0 fully saturated rings. The van der Waals surface area contributed by atoms with Crippen molar-refractivity contribution in [2.24, 2.45) is 11.3 Å². The topological polar surface area (TPSA) is 26.3 Å². The third-order valence-electron chi connectivity index (χ3n) is 2.94. The minimum Gasteiger partial charge on any atom is -0.501 e. The molecular formula is C12H20O2. The summed E-state index contributed by atoms with van der Waals surface area (Å²) in [5.41, 5.74) is 0.897. The van der Waals surface area contributed by atoms with Crippen molar-refractivity contribution in [3.05, 3.63) is 11.8 Å². The quantitative estimate of drug-likeness (QED) is 0.678. The van der Waals surface area contributed by atoms with Gasteiger partial charge in [0.15, 0.2) is 5.78 Å². The molecular weight excluding hydrogens is 176 g/mol. The van der Waals surface area contributed by atoms with Gasteiger partial charge in [-0.1, -0.05) is 27.7 Å². The fraction of sp³-hybridized carbons (Fsp3) is 0.750. The molecule has 0 aromatic rings. The van der Waals surface area contributed by atoms with Gasteiger partial charge in [0, 0.05) is 11.5 Å². The van der Waals surface area contributed by atoms with Gasteiger partial charge in [-0.15, -0.1) is 0 Å². The molecule has 80 valence electrons. The smallest absolute Gasteiger partial charge is 0.165 e. The lowest BCUT2D eigenvalue weighted by molar-refractivity contribution is -0.122. The van der Waals surface area contributed by atoms with E-state index < -0.39 is 0 Å². The molecule has 0 amide bonds. The maximum absolute atomic E-state index is 12.0. The van der Waals surface area contributed by atoms with Crippen molar-refractivity contribution in [2.75, 3.05) is 6.61 Å². The minimum absolute atomic E-state index is 0.0371. The van der Waals surface area contributed by atoms with Crippen LogP contribution in [0.15, 0.2) is 11.8 Å². The fourth-order valence-electron chi connectivity index (χ4n) is 1.42. The Labute approximate surface area is 86.3 Å². The molecule has 1 rings (SSSR count). The highest BCUT2D eigenvalue weighted by molar-refractivity contribution is 5.97. The predicted molar refractivity (Wildman–Crippen MR) is 56.9 cm³/mol. The minimum atomic E-state index is 0.0371. The monoisotopic (exact) mass is 196 g/mol. The number of hydrogen-bond acceptors (Lipinski definition) is 2. The molecule has 0 radical (unpaired) electrons. The number of ketones is 1. The number of hydrogen-bond donors (Lipinski definition) is 0. The summed E-state index contributed by atoms with van der Waals surface area (Å²) in [5, 5.41) is 0. The Bertz CT molecular complexity index is 246. The first-order chi connectivity index (χ1) is 6.43. The summed E-state index contributed by atoms with van der Waals surface area (Å²) in [4.78, 5) is 12.0. The Kier molecular flexibility index (Phi) is 3.35. The highest BCUT2D eigenvalue weighted by Crippen LogP contribution is 2.29. The van der Waals surface area contributed by atoms with E-state index in [2.05, 4.69) is 20.8 Å². The summed E-state index contributed by atoms with van der Waals surface area (Å²) in [5.74, 6) is 0.313. The van der Waals surface area contributed by atoms with Crippen LogP contribution in [0, 0.1) is 11.3 Å². The molecule has 0 aromatic carbocycles. The van der Waals surface area contributed by atoms with E-state index in [0.717, 1.165) is 25.0 Å². The van der Waals surface area contributed by atoms with Crippen LogP contribution in [0.2, 0.25) is 0 Å². The van der Waals surface area contributed by atoms with Crippen molar-refractivity contribution in [1.82, 2.24) is 0 Å². The van der Waals surface area contributed by atoms with Crippen LogP contribution in [-0.4, -0.2) is 12.4 Å². The van der Waals surface area contributed by atoms with Crippen LogP contribution >= 0.6 is 0 Å². The van der Waals surface area contributed by atoms with Crippen LogP contribution in [-0.2, 0) is 9.53 Å². The fourth-order valence-corrected chi connectivity index (χ4v) is 1.42. The summed E-state index contributed by atoms with van der Waals surface area (Å²) >= 11 is 0. The van der Waals surface area contributed by atoms with Crippen molar-refractivity contribution >= 4 is 5.78 Å². The van der Waals surface area contributed by atoms with E-state index in [9.17, 15) is 4.79 Å². The average Bonchev–Trinajstić information content (AvgIpc) is 2.15. The van der Waals surface area contributed by atoms with Gasteiger partial charge in [-0.2, -0.15) is 0 Å². The Balaban J connectivity index is 2.69. The molecule has 1 aliphatic heterocycles. The average molecular weight is 196 g/mol. The van der Waals surface area contributed by atoms with Gasteiger partial charge in [-0.25, -0.2) is 0 Å². The van der Waals surface area contributed by atoms with E-state index in [1.807, 2.05) is 6.92 Å². The molecule has 2 nitrogen and oxygen atoms in total. The summed E-state index contributed by atoms with van der Waals surface area (Å²) in [6.07, 6.45) is 3.49. The Morgan fingerprint density at radius 3 is 2.57 bits per heavy atom. The van der Waals surface area contributed by atoms with Crippen LogP contribution in [0.5, 0.6) is 0 Å². The summed E-state index contributed by atoms with van der Waals surface area (Å²) in [6, 6.07) is 0. The molecule has 1 aliphatic rings. The van der Waals surface area contributed by atoms with Gasteiger partial charge in [0.2, 0.25) is 0 Å². The summed E-state index contributed by atoms with van der Waals surface area (Å²) in [6.45, 7) is 9.04. The van der Waals surface area contributed by atoms with E-state index in [-0.39, 0.29) is 17.1 Å². The van der Waals surface area contributed by atoms with Crippen molar-refractivity contribution in [2.45, 2.75) is 40.5 Å². The van der Waals surface area contributed by atoms with Crippen molar-refractivity contribution < 1.29 is 9.53 Å². The molecule has 1 unspecified atom stereocenters. The Morgan fingerprint density at radius 1 is 1.50 bits per heavy atom. The maximum atomic E-state index is 12.0. The first kappa shape index (κ1) is 11.3. The summed E-state index contributed by atoms with van der Waals surface area (Å²) in [7, 11) is 0. The zero-order valence-electron chi connectivity index (χ0n) is 9.59. The highest BCUT2D eigenvalue weighted by atomic mass is 16.5. The van der Waals surface area contributed by atoms with Crippen molar-refractivity contribution in [1.29, 1.82) is 0 Å². The van der Waals surface area contributed by atoms with E-state index in [0.29, 0.717) is 0 Å². The molecule has 1 heterocycles. The number of allylic oxidation sites excluding steroid dienone is 1. The second-order valence-corrected chi connectivity index (χ2v) is 5.07. The van der Waals surface area contributed by atoms with Crippen LogP contribution in [0.3, 0.4) is 0 Å². The second kappa shape index (κ2) is 4.16. The largest absolute Gasteiger partial charge is 0.501 e. The molecule has 0 N–H and O–H groups in total. The molecule has 2 heteroatoms. The van der Waals surface area contributed by atoms with E-state index in [4.69, 9.17) is 4.74 Å². The lowest BCUT2D eigenvalue weighted by Crippen LogP contribution is -2.27. The van der Waals surface area contributed by atoms with Crippen molar-refractivity contribution in [3.63, 3.8) is 0 Å².